The number of aromatic nitrogens is 2. The van der Waals surface area contributed by atoms with E-state index in [1.165, 1.54) is 46.9 Å². The van der Waals surface area contributed by atoms with Crippen molar-refractivity contribution in [3.8, 4) is 0 Å². The van der Waals surface area contributed by atoms with E-state index in [2.05, 4.69) is 10.2 Å². The van der Waals surface area contributed by atoms with E-state index in [1.807, 2.05) is 23.0 Å². The van der Waals surface area contributed by atoms with Crippen molar-refractivity contribution < 1.29 is 25.9 Å². The van der Waals surface area contributed by atoms with Crippen LogP contribution in [0, 0.1) is 0 Å². The molecule has 186 valence electrons. The Bertz CT molecular complexity index is 1580. The van der Waals surface area contributed by atoms with E-state index in [0.29, 0.717) is 32.1 Å². The Labute approximate surface area is 203 Å². The molecule has 0 spiro atoms. The number of benzene rings is 2. The van der Waals surface area contributed by atoms with Crippen LogP contribution < -0.4 is 21.9 Å². The second-order valence-electron chi connectivity index (χ2n) is 6.67. The second kappa shape index (κ2) is 10.0. The Morgan fingerprint density at radius 1 is 0.735 bits per heavy atom. The van der Waals surface area contributed by atoms with Gasteiger partial charge in [0, 0.05) is 13.1 Å². The molecule has 0 fully saturated rings. The summed E-state index contributed by atoms with van der Waals surface area (Å²) in [5, 5.41) is 8.74. The topological polar surface area (TPSA) is 216 Å². The van der Waals surface area contributed by atoms with Gasteiger partial charge in [-0.2, -0.15) is 16.8 Å². The van der Waals surface area contributed by atoms with Crippen LogP contribution in [0.25, 0.3) is 20.4 Å². The van der Waals surface area contributed by atoms with Gasteiger partial charge in [0.25, 0.3) is 20.2 Å². The van der Waals surface area contributed by atoms with Crippen molar-refractivity contribution in [2.24, 2.45) is 10.2 Å². The van der Waals surface area contributed by atoms with E-state index < -0.39 is 20.2 Å². The molecule has 12 nitrogen and oxygen atoms in total. The van der Waals surface area contributed by atoms with Crippen molar-refractivity contribution in [3.05, 3.63) is 46.0 Å². The minimum Gasteiger partial charge on any atom is -0.369 e. The summed E-state index contributed by atoms with van der Waals surface area (Å²) < 4.78 is 69.4. The fraction of sp³-hybridized carbons (Fsp3) is 0.222. The molecule has 0 radical (unpaired) electrons. The van der Waals surface area contributed by atoms with Crippen LogP contribution in [0.2, 0.25) is 0 Å². The van der Waals surface area contributed by atoms with E-state index in [4.69, 9.17) is 0 Å². The number of hydrogen-bond donors (Lipinski definition) is 4. The highest BCUT2D eigenvalue weighted by atomic mass is 32.2. The third kappa shape index (κ3) is 5.13. The molecule has 2 aromatic heterocycles. The number of rotatable bonds is 5. The Morgan fingerprint density at radius 3 is 1.38 bits per heavy atom. The van der Waals surface area contributed by atoms with Crippen LogP contribution in [0.1, 0.15) is 13.8 Å². The molecule has 0 bridgehead atoms. The molecule has 0 amide bonds. The molecule has 0 unspecified atom stereocenters. The van der Waals surface area contributed by atoms with Crippen LogP contribution in [0.5, 0.6) is 0 Å². The molecule has 4 aromatic rings. The summed E-state index contributed by atoms with van der Waals surface area (Å²) in [4.78, 5) is 0.685. The molecular formula is C18H26N6O6S4+2. The van der Waals surface area contributed by atoms with Crippen molar-refractivity contribution in [2.75, 3.05) is 0 Å². The molecule has 0 saturated heterocycles. The molecule has 34 heavy (non-hydrogen) atoms. The van der Waals surface area contributed by atoms with Crippen LogP contribution in [0.3, 0.4) is 0 Å². The number of nitrogens with zero attached hydrogens (tertiary/aromatic N) is 4. The molecule has 0 saturated carbocycles. The highest BCUT2D eigenvalue weighted by molar-refractivity contribution is 7.86. The fourth-order valence-electron chi connectivity index (χ4n) is 3.28. The molecule has 2 heterocycles. The van der Waals surface area contributed by atoms with Gasteiger partial charge in [-0.25, -0.2) is 0 Å². The lowest BCUT2D eigenvalue weighted by molar-refractivity contribution is 0.481. The van der Waals surface area contributed by atoms with Gasteiger partial charge in [-0.1, -0.05) is 22.7 Å². The van der Waals surface area contributed by atoms with Gasteiger partial charge in [0.1, 0.15) is 0 Å². The molecule has 0 atom stereocenters. The Kier molecular flexibility index (Phi) is 8.21. The summed E-state index contributed by atoms with van der Waals surface area (Å²) in [6, 6.07) is 8.68. The van der Waals surface area contributed by atoms with Gasteiger partial charge < -0.3 is 21.4 Å². The largest absolute Gasteiger partial charge is 0.369 e. The van der Waals surface area contributed by atoms with Crippen molar-refractivity contribution in [2.45, 2.75) is 36.7 Å². The maximum Gasteiger partial charge on any atom is 0.294 e. The molecule has 0 aliphatic heterocycles. The summed E-state index contributed by atoms with van der Waals surface area (Å²) in [5.74, 6) is 0. The Hall–Kier alpha value is -2.44. The first-order chi connectivity index (χ1) is 15.0. The zero-order valence-electron chi connectivity index (χ0n) is 18.8. The van der Waals surface area contributed by atoms with Gasteiger partial charge in [-0.3, -0.25) is 9.11 Å². The molecule has 10 N–H and O–H groups in total. The first kappa shape index (κ1) is 27.8. The third-order valence-electron chi connectivity index (χ3n) is 4.76. The minimum atomic E-state index is -4.32. The van der Waals surface area contributed by atoms with Gasteiger partial charge in [-0.15, -0.1) is 10.2 Å². The molecular weight excluding hydrogens is 525 g/mol. The van der Waals surface area contributed by atoms with Gasteiger partial charge in [0.2, 0.25) is 9.60 Å². The quantitative estimate of drug-likeness (QED) is 0.215. The normalized spacial score (nSPS) is 13.3. The average molecular weight is 551 g/mol. The van der Waals surface area contributed by atoms with E-state index >= 15 is 0 Å². The second-order valence-corrected chi connectivity index (χ2v) is 11.5. The smallest absolute Gasteiger partial charge is 0.294 e. The lowest BCUT2D eigenvalue weighted by atomic mass is 10.3. The minimum absolute atomic E-state index is 0. The highest BCUT2D eigenvalue weighted by Gasteiger charge is 2.14. The zero-order chi connectivity index (χ0) is 23.3. The first-order valence-electron chi connectivity index (χ1n) is 9.32. The molecule has 2 aromatic carbocycles. The van der Waals surface area contributed by atoms with Gasteiger partial charge in [0.15, 0.2) is 0 Å². The van der Waals surface area contributed by atoms with Crippen LogP contribution in [-0.4, -0.2) is 35.1 Å². The highest BCUT2D eigenvalue weighted by Crippen LogP contribution is 2.23. The summed E-state index contributed by atoms with van der Waals surface area (Å²) in [6.07, 6.45) is 0. The SMILES string of the molecule is CCn1/c(=N/N=c2\sc3cc(S(=O)(=O)O)ccc3n2CC)sc2cc(S(=O)(=O)O)ccc21.[NH4+].[NH4+]. The first-order valence-corrected chi connectivity index (χ1v) is 13.8. The zero-order valence-corrected chi connectivity index (χ0v) is 22.1. The standard InChI is InChI=1S/C18H18N4O6S4.2H3N/c1-3-21-13-7-5-11(31(23,24)25)9-15(13)29-17(21)19-20-18-22(4-2)14-8-6-12(32(26,27)28)10-16(14)30-18;;/h5-10H,3-4H2,1-2H3,(H,23,24,25)(H,26,27,28);2*1H3/p+2/b19-17-,20-18-;;. The van der Waals surface area contributed by atoms with Crippen LogP contribution in [0.15, 0.2) is 56.4 Å². The van der Waals surface area contributed by atoms with Gasteiger partial charge in [-0.05, 0) is 50.2 Å². The van der Waals surface area contributed by atoms with Crippen LogP contribution in [-0.2, 0) is 33.3 Å². The maximum absolute atomic E-state index is 11.4. The number of aryl methyl sites for hydroxylation is 2. The molecule has 0 aliphatic rings. The Balaban J connectivity index is 0.00000204. The fourth-order valence-corrected chi connectivity index (χ4v) is 6.61. The van der Waals surface area contributed by atoms with E-state index in [-0.39, 0.29) is 22.1 Å². The summed E-state index contributed by atoms with van der Waals surface area (Å²) in [7, 11) is -8.63. The predicted molar refractivity (Wildman–Crippen MR) is 134 cm³/mol. The van der Waals surface area contributed by atoms with Gasteiger partial charge >= 0.3 is 0 Å². The molecule has 4 rings (SSSR count). The number of thiazole rings is 2. The van der Waals surface area contributed by atoms with Crippen molar-refractivity contribution >= 4 is 63.3 Å². The average Bonchev–Trinajstić information content (AvgIpc) is 3.26. The number of fused-ring (bicyclic) bond motifs is 2. The maximum atomic E-state index is 11.4. The van der Waals surface area contributed by atoms with Crippen LogP contribution >= 0.6 is 22.7 Å². The van der Waals surface area contributed by atoms with Crippen molar-refractivity contribution in [3.63, 3.8) is 0 Å². The molecule has 16 heteroatoms. The Morgan fingerprint density at radius 2 is 1.09 bits per heavy atom. The molecule has 0 aliphatic carbocycles. The summed E-state index contributed by atoms with van der Waals surface area (Å²) in [5.41, 5.74) is 1.52. The lowest BCUT2D eigenvalue weighted by Crippen LogP contribution is -2.16. The predicted octanol–water partition coefficient (Wildman–Crippen LogP) is 3.42. The number of quaternary nitrogens is 2. The van der Waals surface area contributed by atoms with E-state index in [9.17, 15) is 25.9 Å². The van der Waals surface area contributed by atoms with Crippen molar-refractivity contribution in [1.29, 1.82) is 0 Å². The van der Waals surface area contributed by atoms with Crippen LogP contribution in [0.4, 0.5) is 0 Å². The van der Waals surface area contributed by atoms with E-state index in [0.717, 1.165) is 11.0 Å². The van der Waals surface area contributed by atoms with E-state index in [1.54, 1.807) is 12.1 Å². The summed E-state index contributed by atoms with van der Waals surface area (Å²) in [6.45, 7) is 4.98. The van der Waals surface area contributed by atoms with Gasteiger partial charge in [0.05, 0.1) is 30.2 Å². The summed E-state index contributed by atoms with van der Waals surface area (Å²) >= 11 is 2.47. The third-order valence-corrected chi connectivity index (χ3v) is 8.52. The number of hydrogen-bond acceptors (Lipinski definition) is 8. The monoisotopic (exact) mass is 550 g/mol. The lowest BCUT2D eigenvalue weighted by Gasteiger charge is -2.01. The van der Waals surface area contributed by atoms with Crippen molar-refractivity contribution in [1.82, 2.24) is 21.4 Å².